The fourth-order valence-corrected chi connectivity index (χ4v) is 3.12. The van der Waals surface area contributed by atoms with Gasteiger partial charge in [-0.05, 0) is 36.5 Å². The van der Waals surface area contributed by atoms with Crippen LogP contribution in [0.25, 0.3) is 10.1 Å². The fraction of sp³-hybridized carbons (Fsp3) is 0.312. The highest BCUT2D eigenvalue weighted by atomic mass is 32.1. The smallest absolute Gasteiger partial charge is 0.252 e. The van der Waals surface area contributed by atoms with Crippen molar-refractivity contribution in [3.8, 4) is 0 Å². The Morgan fingerprint density at radius 2 is 2.32 bits per heavy atom. The van der Waals surface area contributed by atoms with E-state index in [4.69, 9.17) is 0 Å². The topological polar surface area (TPSA) is 59.8 Å². The van der Waals surface area contributed by atoms with Gasteiger partial charge in [0, 0.05) is 42.6 Å². The predicted octanol–water partition coefficient (Wildman–Crippen LogP) is 2.87. The molecule has 0 saturated carbocycles. The van der Waals surface area contributed by atoms with Crippen LogP contribution < -0.4 is 5.32 Å². The molecule has 1 unspecified atom stereocenters. The molecule has 3 aromatic rings. The van der Waals surface area contributed by atoms with Gasteiger partial charge in [-0.15, -0.1) is 0 Å². The van der Waals surface area contributed by atoms with Crippen molar-refractivity contribution in [3.05, 3.63) is 48.2 Å². The number of imidazole rings is 1. The zero-order valence-electron chi connectivity index (χ0n) is 12.6. The molecule has 3 rings (SSSR count). The van der Waals surface area contributed by atoms with Gasteiger partial charge in [-0.25, -0.2) is 4.98 Å². The molecule has 1 N–H and O–H groups in total. The third kappa shape index (κ3) is 3.01. The lowest BCUT2D eigenvalue weighted by atomic mass is 10.1. The number of fused-ring (bicyclic) bond motifs is 1. The van der Waals surface area contributed by atoms with E-state index in [0.717, 1.165) is 22.5 Å². The Hall–Kier alpha value is -2.21. The number of benzene rings is 1. The van der Waals surface area contributed by atoms with Crippen LogP contribution in [0, 0.1) is 12.8 Å². The summed E-state index contributed by atoms with van der Waals surface area (Å²) < 4.78 is 7.28. The number of aryl methyl sites for hydroxylation is 1. The average Bonchev–Trinajstić information content (AvgIpc) is 3.14. The van der Waals surface area contributed by atoms with E-state index in [2.05, 4.69) is 26.2 Å². The Kier molecular flexibility index (Phi) is 4.20. The molecular weight excluding hydrogens is 296 g/mol. The minimum atomic E-state index is -0.0417. The minimum absolute atomic E-state index is 0.0417. The highest BCUT2D eigenvalue weighted by Gasteiger charge is 2.12. The Morgan fingerprint density at radius 3 is 3.09 bits per heavy atom. The highest BCUT2D eigenvalue weighted by molar-refractivity contribution is 7.13. The number of amides is 1. The monoisotopic (exact) mass is 314 g/mol. The molecule has 2 heterocycles. The van der Waals surface area contributed by atoms with Gasteiger partial charge in [0.2, 0.25) is 0 Å². The van der Waals surface area contributed by atoms with E-state index in [0.29, 0.717) is 18.0 Å². The van der Waals surface area contributed by atoms with Gasteiger partial charge in [-0.1, -0.05) is 13.0 Å². The number of rotatable bonds is 5. The van der Waals surface area contributed by atoms with Crippen LogP contribution in [-0.2, 0) is 6.54 Å². The molecule has 1 atom stereocenters. The molecule has 0 aliphatic carbocycles. The molecule has 1 amide bonds. The molecule has 1 aromatic carbocycles. The van der Waals surface area contributed by atoms with E-state index in [9.17, 15) is 4.79 Å². The lowest BCUT2D eigenvalue weighted by molar-refractivity contribution is 0.0948. The maximum Gasteiger partial charge on any atom is 0.252 e. The van der Waals surface area contributed by atoms with Gasteiger partial charge >= 0.3 is 0 Å². The van der Waals surface area contributed by atoms with Gasteiger partial charge in [0.25, 0.3) is 5.91 Å². The summed E-state index contributed by atoms with van der Waals surface area (Å²) in [6, 6.07) is 5.72. The fourth-order valence-electron chi connectivity index (χ4n) is 2.45. The summed E-state index contributed by atoms with van der Waals surface area (Å²) >= 11 is 1.41. The molecule has 0 bridgehead atoms. The molecular formula is C16H18N4OS. The lowest BCUT2D eigenvalue weighted by Crippen LogP contribution is -2.30. The molecule has 0 radical (unpaired) electrons. The summed E-state index contributed by atoms with van der Waals surface area (Å²) in [5.41, 5.74) is 0.692. The third-order valence-electron chi connectivity index (χ3n) is 3.69. The van der Waals surface area contributed by atoms with Crippen molar-refractivity contribution in [1.82, 2.24) is 19.2 Å². The van der Waals surface area contributed by atoms with E-state index in [-0.39, 0.29) is 5.91 Å². The maximum atomic E-state index is 12.4. The van der Waals surface area contributed by atoms with Crippen LogP contribution in [0.15, 0.2) is 36.8 Å². The number of carbonyl (C=O) groups excluding carboxylic acids is 1. The molecule has 0 spiro atoms. The second-order valence-corrected chi connectivity index (χ2v) is 6.32. The Balaban J connectivity index is 1.62. The van der Waals surface area contributed by atoms with Crippen LogP contribution >= 0.6 is 11.5 Å². The molecule has 0 fully saturated rings. The zero-order valence-corrected chi connectivity index (χ0v) is 13.4. The van der Waals surface area contributed by atoms with E-state index in [1.807, 2.05) is 31.3 Å². The van der Waals surface area contributed by atoms with Crippen LogP contribution in [-0.4, -0.2) is 26.4 Å². The summed E-state index contributed by atoms with van der Waals surface area (Å²) in [5, 5.41) is 3.94. The summed E-state index contributed by atoms with van der Waals surface area (Å²) in [6.07, 6.45) is 5.52. The molecule has 0 saturated heterocycles. The SMILES string of the molecule is Cc1nccn1CC(C)CNC(=O)c1cccc2sncc12. The zero-order chi connectivity index (χ0) is 15.5. The first-order chi connectivity index (χ1) is 10.6. The third-order valence-corrected chi connectivity index (χ3v) is 4.45. The molecule has 2 aromatic heterocycles. The number of nitrogens with one attached hydrogen (secondary N) is 1. The van der Waals surface area contributed by atoms with Gasteiger partial charge in [-0.3, -0.25) is 4.79 Å². The van der Waals surface area contributed by atoms with Crippen molar-refractivity contribution < 1.29 is 4.79 Å². The van der Waals surface area contributed by atoms with Crippen molar-refractivity contribution in [2.45, 2.75) is 20.4 Å². The Morgan fingerprint density at radius 1 is 1.45 bits per heavy atom. The van der Waals surface area contributed by atoms with Crippen molar-refractivity contribution in [2.75, 3.05) is 6.54 Å². The van der Waals surface area contributed by atoms with Gasteiger partial charge in [-0.2, -0.15) is 4.37 Å². The second kappa shape index (κ2) is 6.27. The predicted molar refractivity (Wildman–Crippen MR) is 88.1 cm³/mol. The van der Waals surface area contributed by atoms with Crippen LogP contribution in [0.2, 0.25) is 0 Å². The summed E-state index contributed by atoms with van der Waals surface area (Å²) in [4.78, 5) is 16.6. The van der Waals surface area contributed by atoms with Gasteiger partial charge in [0.05, 0.1) is 4.70 Å². The standard InChI is InChI=1S/C16H18N4OS/c1-11(10-20-7-6-17-12(20)2)8-18-16(21)13-4-3-5-15-14(13)9-19-22-15/h3-7,9,11H,8,10H2,1-2H3,(H,18,21). The van der Waals surface area contributed by atoms with E-state index in [1.165, 1.54) is 11.5 Å². The first kappa shape index (κ1) is 14.7. The molecule has 22 heavy (non-hydrogen) atoms. The van der Waals surface area contributed by atoms with Gasteiger partial charge in [0.15, 0.2) is 0 Å². The molecule has 5 nitrogen and oxygen atoms in total. The van der Waals surface area contributed by atoms with Crippen molar-refractivity contribution in [3.63, 3.8) is 0 Å². The first-order valence-electron chi connectivity index (χ1n) is 7.24. The maximum absolute atomic E-state index is 12.4. The quantitative estimate of drug-likeness (QED) is 0.788. The first-order valence-corrected chi connectivity index (χ1v) is 8.02. The van der Waals surface area contributed by atoms with Gasteiger partial charge in [0.1, 0.15) is 5.82 Å². The lowest BCUT2D eigenvalue weighted by Gasteiger charge is -2.14. The van der Waals surface area contributed by atoms with Gasteiger partial charge < -0.3 is 9.88 Å². The minimum Gasteiger partial charge on any atom is -0.352 e. The number of nitrogens with zero attached hydrogens (tertiary/aromatic N) is 3. The summed E-state index contributed by atoms with van der Waals surface area (Å²) in [6.45, 7) is 5.57. The second-order valence-electron chi connectivity index (χ2n) is 5.49. The molecule has 6 heteroatoms. The van der Waals surface area contributed by atoms with E-state index in [1.54, 1.807) is 12.4 Å². The largest absolute Gasteiger partial charge is 0.352 e. The van der Waals surface area contributed by atoms with Crippen LogP contribution in [0.4, 0.5) is 0 Å². The number of carbonyl (C=O) groups is 1. The van der Waals surface area contributed by atoms with Crippen molar-refractivity contribution in [1.29, 1.82) is 0 Å². The normalized spacial score (nSPS) is 12.5. The number of aromatic nitrogens is 3. The highest BCUT2D eigenvalue weighted by Crippen LogP contribution is 2.21. The summed E-state index contributed by atoms with van der Waals surface area (Å²) in [7, 11) is 0. The molecule has 0 aliphatic rings. The van der Waals surface area contributed by atoms with Crippen LogP contribution in [0.1, 0.15) is 23.1 Å². The summed E-state index contributed by atoms with van der Waals surface area (Å²) in [5.74, 6) is 1.28. The number of hydrogen-bond donors (Lipinski definition) is 1. The molecule has 114 valence electrons. The van der Waals surface area contributed by atoms with E-state index >= 15 is 0 Å². The average molecular weight is 314 g/mol. The van der Waals surface area contributed by atoms with Crippen LogP contribution in [0.5, 0.6) is 0 Å². The van der Waals surface area contributed by atoms with Crippen LogP contribution in [0.3, 0.4) is 0 Å². The van der Waals surface area contributed by atoms with Crippen molar-refractivity contribution in [2.24, 2.45) is 5.92 Å². The Labute approximate surface area is 133 Å². The van der Waals surface area contributed by atoms with Crippen molar-refractivity contribution >= 4 is 27.5 Å². The Bertz CT molecular complexity index is 792. The number of hydrogen-bond acceptors (Lipinski definition) is 4. The molecule has 0 aliphatic heterocycles. The van der Waals surface area contributed by atoms with E-state index < -0.39 is 0 Å².